The van der Waals surface area contributed by atoms with Crippen molar-refractivity contribution >= 4 is 39.5 Å². The molecule has 0 saturated heterocycles. The third-order valence-electron chi connectivity index (χ3n) is 6.88. The Hall–Kier alpha value is -5.73. The van der Waals surface area contributed by atoms with E-state index < -0.39 is 24.2 Å². The normalized spacial score (nSPS) is 11.5. The largest absolute Gasteiger partial charge is 0.461 e. The van der Waals surface area contributed by atoms with E-state index in [-0.39, 0.29) is 0 Å². The Morgan fingerprint density at radius 1 is 0.622 bits per heavy atom. The highest BCUT2D eigenvalue weighted by molar-refractivity contribution is 5.97. The van der Waals surface area contributed by atoms with Crippen molar-refractivity contribution in [2.45, 2.75) is 27.1 Å². The van der Waals surface area contributed by atoms with E-state index in [1.54, 1.807) is 112 Å². The molecule has 0 fully saturated rings. The van der Waals surface area contributed by atoms with E-state index in [4.69, 9.17) is 18.9 Å². The number of ether oxygens (including phenoxy) is 4. The van der Waals surface area contributed by atoms with Gasteiger partial charge in [0.05, 0.1) is 5.56 Å². The van der Waals surface area contributed by atoms with Crippen LogP contribution in [-0.4, -0.2) is 23.0 Å². The zero-order valence-electron chi connectivity index (χ0n) is 25.0. The molecule has 5 rings (SSSR count). The fourth-order valence-corrected chi connectivity index (χ4v) is 4.43. The van der Waals surface area contributed by atoms with Gasteiger partial charge in [0.1, 0.15) is 23.0 Å². The van der Waals surface area contributed by atoms with Gasteiger partial charge in [-0.15, -0.1) is 0 Å². The highest BCUT2D eigenvalue weighted by Gasteiger charge is 2.15. The van der Waals surface area contributed by atoms with Gasteiger partial charge in [0.15, 0.2) is 0 Å². The van der Waals surface area contributed by atoms with Crippen molar-refractivity contribution in [2.24, 2.45) is 0 Å². The molecule has 0 aliphatic rings. The molecule has 8 nitrogen and oxygen atoms in total. The number of hydrogen-bond donors (Lipinski definition) is 1. The minimum atomic E-state index is -1.26. The van der Waals surface area contributed by atoms with Gasteiger partial charge < -0.3 is 24.1 Å². The van der Waals surface area contributed by atoms with Gasteiger partial charge in [0.2, 0.25) is 6.29 Å². The molecule has 0 aliphatic carbocycles. The van der Waals surface area contributed by atoms with Crippen molar-refractivity contribution < 1.29 is 38.4 Å². The summed E-state index contributed by atoms with van der Waals surface area (Å²) in [5, 5.41) is 14.0. The predicted molar refractivity (Wildman–Crippen MR) is 171 cm³/mol. The molecule has 1 atom stereocenters. The lowest BCUT2D eigenvalue weighted by molar-refractivity contribution is -0.130. The first-order valence-corrected chi connectivity index (χ1v) is 14.0. The second kappa shape index (κ2) is 12.9. The van der Waals surface area contributed by atoms with Crippen LogP contribution in [-0.2, 0) is 9.59 Å². The first-order valence-electron chi connectivity index (χ1n) is 14.0. The van der Waals surface area contributed by atoms with Crippen molar-refractivity contribution in [2.75, 3.05) is 0 Å². The van der Waals surface area contributed by atoms with Crippen molar-refractivity contribution in [3.63, 3.8) is 0 Å². The summed E-state index contributed by atoms with van der Waals surface area (Å²) in [7, 11) is 0. The Kier molecular flexibility index (Phi) is 8.79. The first kappa shape index (κ1) is 30.7. The van der Waals surface area contributed by atoms with Crippen LogP contribution in [0.2, 0.25) is 0 Å². The maximum Gasteiger partial charge on any atom is 0.343 e. The second-order valence-corrected chi connectivity index (χ2v) is 10.6. The molecule has 226 valence electrons. The second-order valence-electron chi connectivity index (χ2n) is 10.6. The maximum atomic E-state index is 12.9. The number of carbonyl (C=O) groups is 3. The molecule has 45 heavy (non-hydrogen) atoms. The van der Waals surface area contributed by atoms with E-state index in [1.807, 2.05) is 0 Å². The van der Waals surface area contributed by atoms with Crippen LogP contribution in [0.1, 0.15) is 41.6 Å². The molecule has 1 N–H and O–H groups in total. The fourth-order valence-electron chi connectivity index (χ4n) is 4.43. The Morgan fingerprint density at radius 2 is 1.11 bits per heavy atom. The molecule has 5 aromatic rings. The Bertz CT molecular complexity index is 2010. The van der Waals surface area contributed by atoms with Crippen molar-refractivity contribution in [3.8, 4) is 23.0 Å². The standard InChI is InChI=1S/C37H30O8/c1-21(2)34(38)42-31-12-10-24-17-28(8-6-26(24)19-31)36(40)44-30-14-15-33(23(5)16-30)45-37(41)29-9-7-27-20-32(13-11-25(27)18-29)43-35(39)22(3)4/h6-20,37,41H,1,3H2,2,4-5H3. The zero-order chi connectivity index (χ0) is 32.2. The number of aryl methyl sites for hydroxylation is 1. The molecule has 5 aromatic carbocycles. The molecule has 0 aliphatic heterocycles. The summed E-state index contributed by atoms with van der Waals surface area (Å²) in [6.07, 6.45) is -1.26. The molecule has 0 aromatic heterocycles. The number of rotatable bonds is 9. The van der Waals surface area contributed by atoms with Gasteiger partial charge in [-0.05, 0) is 109 Å². The molecule has 0 heterocycles. The molecular formula is C37H30O8. The summed E-state index contributed by atoms with van der Waals surface area (Å²) < 4.78 is 22.0. The predicted octanol–water partition coefficient (Wildman–Crippen LogP) is 7.55. The Labute approximate surface area is 259 Å². The highest BCUT2D eigenvalue weighted by Crippen LogP contribution is 2.30. The molecule has 0 radical (unpaired) electrons. The zero-order valence-corrected chi connectivity index (χ0v) is 25.0. The van der Waals surface area contributed by atoms with Crippen LogP contribution in [0, 0.1) is 6.92 Å². The minimum Gasteiger partial charge on any atom is -0.461 e. The molecule has 0 bridgehead atoms. The third kappa shape index (κ3) is 7.26. The summed E-state index contributed by atoms with van der Waals surface area (Å²) >= 11 is 0. The van der Waals surface area contributed by atoms with E-state index >= 15 is 0 Å². The molecular weight excluding hydrogens is 572 g/mol. The number of carbonyl (C=O) groups excluding carboxylic acids is 3. The topological polar surface area (TPSA) is 108 Å². The highest BCUT2D eigenvalue weighted by atomic mass is 16.6. The molecule has 0 spiro atoms. The SMILES string of the molecule is C=C(C)C(=O)Oc1ccc2cc(C(=O)Oc3ccc(OC(O)c4ccc5cc(OC(=O)C(=C)C)ccc5c4)c(C)c3)ccc2c1. The smallest absolute Gasteiger partial charge is 0.343 e. The van der Waals surface area contributed by atoms with E-state index in [1.165, 1.54) is 0 Å². The van der Waals surface area contributed by atoms with Crippen molar-refractivity contribution in [1.82, 2.24) is 0 Å². The summed E-state index contributed by atoms with van der Waals surface area (Å²) in [4.78, 5) is 36.5. The number of fused-ring (bicyclic) bond motifs is 2. The van der Waals surface area contributed by atoms with Crippen LogP contribution >= 0.6 is 0 Å². The van der Waals surface area contributed by atoms with Gasteiger partial charge in [-0.1, -0.05) is 43.5 Å². The fraction of sp³-hybridized carbons (Fsp3) is 0.108. The summed E-state index contributed by atoms with van der Waals surface area (Å²) in [6.45, 7) is 12.1. The Balaban J connectivity index is 1.24. The van der Waals surface area contributed by atoms with Crippen LogP contribution in [0.3, 0.4) is 0 Å². The van der Waals surface area contributed by atoms with Gasteiger partial charge >= 0.3 is 17.9 Å². The van der Waals surface area contributed by atoms with Crippen LogP contribution in [0.5, 0.6) is 23.0 Å². The average Bonchev–Trinajstić information content (AvgIpc) is 3.01. The van der Waals surface area contributed by atoms with Gasteiger partial charge in [0.25, 0.3) is 0 Å². The first-order chi connectivity index (χ1) is 21.5. The quantitative estimate of drug-likeness (QED) is 0.0797. The molecule has 1 unspecified atom stereocenters. The van der Waals surface area contributed by atoms with E-state index in [2.05, 4.69) is 13.2 Å². The van der Waals surface area contributed by atoms with Crippen LogP contribution < -0.4 is 18.9 Å². The van der Waals surface area contributed by atoms with E-state index in [0.29, 0.717) is 50.8 Å². The lowest BCUT2D eigenvalue weighted by Crippen LogP contribution is -2.10. The Morgan fingerprint density at radius 3 is 1.69 bits per heavy atom. The lowest BCUT2D eigenvalue weighted by Gasteiger charge is -2.17. The van der Waals surface area contributed by atoms with Crippen LogP contribution in [0.25, 0.3) is 21.5 Å². The number of hydrogen-bond acceptors (Lipinski definition) is 8. The number of aliphatic hydroxyl groups excluding tert-OH is 1. The van der Waals surface area contributed by atoms with Gasteiger partial charge in [-0.2, -0.15) is 0 Å². The number of esters is 3. The van der Waals surface area contributed by atoms with Gasteiger partial charge in [-0.25, -0.2) is 14.4 Å². The van der Waals surface area contributed by atoms with Crippen molar-refractivity contribution in [3.05, 3.63) is 132 Å². The number of aliphatic hydroxyl groups is 1. The lowest BCUT2D eigenvalue weighted by atomic mass is 10.1. The maximum absolute atomic E-state index is 12.9. The van der Waals surface area contributed by atoms with Crippen LogP contribution in [0.4, 0.5) is 0 Å². The van der Waals surface area contributed by atoms with Crippen molar-refractivity contribution in [1.29, 1.82) is 0 Å². The van der Waals surface area contributed by atoms with Gasteiger partial charge in [-0.3, -0.25) is 0 Å². The van der Waals surface area contributed by atoms with Crippen LogP contribution in [0.15, 0.2) is 115 Å². The third-order valence-corrected chi connectivity index (χ3v) is 6.88. The monoisotopic (exact) mass is 602 g/mol. The molecule has 8 heteroatoms. The molecule has 0 saturated carbocycles. The summed E-state index contributed by atoms with van der Waals surface area (Å²) in [6, 6.07) is 25.5. The van der Waals surface area contributed by atoms with E-state index in [9.17, 15) is 19.5 Å². The number of benzene rings is 5. The minimum absolute atomic E-state index is 0.297. The summed E-state index contributed by atoms with van der Waals surface area (Å²) in [5.74, 6) is -0.0456. The molecule has 0 amide bonds. The average molecular weight is 603 g/mol. The van der Waals surface area contributed by atoms with E-state index in [0.717, 1.165) is 21.5 Å². The summed E-state index contributed by atoms with van der Waals surface area (Å²) in [5.41, 5.74) is 2.13. The van der Waals surface area contributed by atoms with Gasteiger partial charge in [0, 0.05) is 16.7 Å².